The highest BCUT2D eigenvalue weighted by molar-refractivity contribution is 7.05. The van der Waals surface area contributed by atoms with Crippen LogP contribution >= 0.6 is 11.5 Å². The van der Waals surface area contributed by atoms with Gasteiger partial charge in [-0.15, -0.1) is 5.10 Å². The number of nitrogens with one attached hydrogen (secondary N) is 1. The summed E-state index contributed by atoms with van der Waals surface area (Å²) >= 11 is 1.50. The Morgan fingerprint density at radius 3 is 2.86 bits per heavy atom. The van der Waals surface area contributed by atoms with Crippen molar-refractivity contribution in [3.05, 3.63) is 11.1 Å². The normalized spacial score (nSPS) is 13.0. The molecule has 1 aromatic heterocycles. The van der Waals surface area contributed by atoms with E-state index in [0.717, 1.165) is 0 Å². The first-order valence-corrected chi connectivity index (χ1v) is 6.10. The van der Waals surface area contributed by atoms with Crippen molar-refractivity contribution >= 4 is 11.5 Å². The molecule has 4 heteroatoms. The van der Waals surface area contributed by atoms with Crippen LogP contribution in [0.2, 0.25) is 0 Å². The van der Waals surface area contributed by atoms with Crippen molar-refractivity contribution in [2.75, 3.05) is 7.05 Å². The highest BCUT2D eigenvalue weighted by Gasteiger charge is 2.10. The van der Waals surface area contributed by atoms with Gasteiger partial charge >= 0.3 is 0 Å². The molecule has 0 amide bonds. The molecule has 0 spiro atoms. The molecule has 1 unspecified atom stereocenters. The lowest BCUT2D eigenvalue weighted by molar-refractivity contribution is 0.510. The van der Waals surface area contributed by atoms with E-state index < -0.39 is 0 Å². The Morgan fingerprint density at radius 1 is 1.43 bits per heavy atom. The summed E-state index contributed by atoms with van der Waals surface area (Å²) in [5.74, 6) is 0. The maximum atomic E-state index is 3.89. The number of hydrogen-bond acceptors (Lipinski definition) is 4. The third-order valence-corrected chi connectivity index (χ3v) is 3.19. The summed E-state index contributed by atoms with van der Waals surface area (Å²) in [6, 6.07) is 0.451. The molecule has 1 N–H and O–H groups in total. The highest BCUT2D eigenvalue weighted by atomic mass is 32.1. The fraction of sp³-hybridized carbons (Fsp3) is 0.800. The first-order chi connectivity index (χ1) is 6.88. The maximum absolute atomic E-state index is 3.89. The molecule has 0 saturated carbocycles. The Morgan fingerprint density at radius 2 is 2.29 bits per heavy atom. The van der Waals surface area contributed by atoms with Crippen LogP contribution in [-0.2, 0) is 0 Å². The van der Waals surface area contributed by atoms with E-state index in [9.17, 15) is 0 Å². The summed E-state index contributed by atoms with van der Waals surface area (Å²) in [5.41, 5.74) is 0. The quantitative estimate of drug-likeness (QED) is 0.708. The van der Waals surface area contributed by atoms with Crippen LogP contribution in [-0.4, -0.2) is 16.6 Å². The first-order valence-electron chi connectivity index (χ1n) is 5.33. The minimum atomic E-state index is 0.451. The molecule has 0 radical (unpaired) electrons. The van der Waals surface area contributed by atoms with Crippen molar-refractivity contribution in [3.63, 3.8) is 0 Å². The van der Waals surface area contributed by atoms with Crippen molar-refractivity contribution in [3.8, 4) is 0 Å². The molecule has 14 heavy (non-hydrogen) atoms. The zero-order chi connectivity index (χ0) is 10.2. The second-order valence-corrected chi connectivity index (χ2v) is 4.33. The second kappa shape index (κ2) is 6.90. The molecule has 1 aromatic rings. The van der Waals surface area contributed by atoms with Crippen LogP contribution in [0.15, 0.2) is 6.20 Å². The third kappa shape index (κ3) is 3.72. The van der Waals surface area contributed by atoms with Gasteiger partial charge in [0.15, 0.2) is 0 Å². The molecule has 1 heterocycles. The van der Waals surface area contributed by atoms with Crippen LogP contribution in [0.25, 0.3) is 0 Å². The predicted octanol–water partition coefficient (Wildman–Crippen LogP) is 2.77. The average Bonchev–Trinajstić information content (AvgIpc) is 2.71. The summed E-state index contributed by atoms with van der Waals surface area (Å²) in [4.78, 5) is 1.25. The Labute approximate surface area is 90.1 Å². The Kier molecular flexibility index (Phi) is 5.71. The van der Waals surface area contributed by atoms with Gasteiger partial charge in [0.25, 0.3) is 0 Å². The van der Waals surface area contributed by atoms with Crippen LogP contribution in [0, 0.1) is 0 Å². The SMILES string of the molecule is CCCCCCC(NC)c1cnns1. The van der Waals surface area contributed by atoms with Gasteiger partial charge in [-0.2, -0.15) is 0 Å². The van der Waals surface area contributed by atoms with E-state index in [2.05, 4.69) is 21.8 Å². The lowest BCUT2D eigenvalue weighted by Gasteiger charge is -2.12. The molecule has 1 atom stereocenters. The molecule has 0 fully saturated rings. The Hall–Kier alpha value is -0.480. The monoisotopic (exact) mass is 213 g/mol. The zero-order valence-corrected chi connectivity index (χ0v) is 9.81. The van der Waals surface area contributed by atoms with Crippen LogP contribution in [0.3, 0.4) is 0 Å². The summed E-state index contributed by atoms with van der Waals surface area (Å²) in [5, 5.41) is 7.18. The first kappa shape index (κ1) is 11.6. The predicted molar refractivity (Wildman–Crippen MR) is 60.5 cm³/mol. The van der Waals surface area contributed by atoms with E-state index >= 15 is 0 Å². The fourth-order valence-electron chi connectivity index (χ4n) is 1.53. The number of aromatic nitrogens is 2. The summed E-state index contributed by atoms with van der Waals surface area (Å²) < 4.78 is 3.89. The van der Waals surface area contributed by atoms with Gasteiger partial charge in [0.2, 0.25) is 0 Å². The van der Waals surface area contributed by atoms with Crippen molar-refractivity contribution < 1.29 is 0 Å². The maximum Gasteiger partial charge on any atom is 0.0669 e. The molecule has 0 saturated heterocycles. The standard InChI is InChI=1S/C10H19N3S/c1-3-4-5-6-7-9(11-2)10-8-12-13-14-10/h8-9,11H,3-7H2,1-2H3. The van der Waals surface area contributed by atoms with E-state index in [-0.39, 0.29) is 0 Å². The van der Waals surface area contributed by atoms with Gasteiger partial charge in [0, 0.05) is 6.04 Å². The number of nitrogens with zero attached hydrogens (tertiary/aromatic N) is 2. The van der Waals surface area contributed by atoms with Gasteiger partial charge in [-0.1, -0.05) is 37.1 Å². The topological polar surface area (TPSA) is 37.8 Å². The largest absolute Gasteiger partial charge is 0.312 e. The minimum absolute atomic E-state index is 0.451. The van der Waals surface area contributed by atoms with E-state index in [1.807, 2.05) is 13.2 Å². The minimum Gasteiger partial charge on any atom is -0.312 e. The van der Waals surface area contributed by atoms with Crippen LogP contribution in [0.4, 0.5) is 0 Å². The second-order valence-electron chi connectivity index (χ2n) is 3.51. The van der Waals surface area contributed by atoms with Gasteiger partial charge in [-0.05, 0) is 25.0 Å². The molecule has 80 valence electrons. The van der Waals surface area contributed by atoms with Crippen LogP contribution in [0.5, 0.6) is 0 Å². The smallest absolute Gasteiger partial charge is 0.0669 e. The zero-order valence-electron chi connectivity index (χ0n) is 8.99. The van der Waals surface area contributed by atoms with Crippen LogP contribution in [0.1, 0.15) is 49.9 Å². The number of rotatable bonds is 7. The molecular weight excluding hydrogens is 194 g/mol. The summed E-state index contributed by atoms with van der Waals surface area (Å²) in [6.45, 7) is 2.24. The van der Waals surface area contributed by atoms with E-state index in [1.54, 1.807) is 0 Å². The average molecular weight is 213 g/mol. The van der Waals surface area contributed by atoms with Gasteiger partial charge in [0.05, 0.1) is 11.1 Å². The van der Waals surface area contributed by atoms with Gasteiger partial charge in [-0.3, -0.25) is 0 Å². The molecule has 0 aliphatic rings. The Bertz CT molecular complexity index is 223. The van der Waals surface area contributed by atoms with E-state index in [4.69, 9.17) is 0 Å². The summed E-state index contributed by atoms with van der Waals surface area (Å²) in [6.07, 6.45) is 8.33. The molecule has 0 bridgehead atoms. The van der Waals surface area contributed by atoms with E-state index in [1.165, 1.54) is 48.5 Å². The molecule has 3 nitrogen and oxygen atoms in total. The van der Waals surface area contributed by atoms with Gasteiger partial charge < -0.3 is 5.32 Å². The van der Waals surface area contributed by atoms with E-state index in [0.29, 0.717) is 6.04 Å². The van der Waals surface area contributed by atoms with Crippen molar-refractivity contribution in [1.82, 2.24) is 14.9 Å². The molecule has 0 aliphatic heterocycles. The molecule has 0 aliphatic carbocycles. The molecule has 0 aromatic carbocycles. The molecule has 1 rings (SSSR count). The Balaban J connectivity index is 2.26. The van der Waals surface area contributed by atoms with Crippen molar-refractivity contribution in [2.45, 2.75) is 45.1 Å². The fourth-order valence-corrected chi connectivity index (χ4v) is 2.18. The lowest BCUT2D eigenvalue weighted by Crippen LogP contribution is -2.14. The van der Waals surface area contributed by atoms with Crippen molar-refractivity contribution in [2.24, 2.45) is 0 Å². The summed E-state index contributed by atoms with van der Waals surface area (Å²) in [7, 11) is 2.00. The van der Waals surface area contributed by atoms with Gasteiger partial charge in [0.1, 0.15) is 0 Å². The molecular formula is C10H19N3S. The van der Waals surface area contributed by atoms with Gasteiger partial charge in [-0.25, -0.2) is 0 Å². The number of hydrogen-bond donors (Lipinski definition) is 1. The third-order valence-electron chi connectivity index (χ3n) is 2.42. The van der Waals surface area contributed by atoms with Crippen molar-refractivity contribution in [1.29, 1.82) is 0 Å². The lowest BCUT2D eigenvalue weighted by atomic mass is 10.1. The number of unbranched alkanes of at least 4 members (excludes halogenated alkanes) is 3. The highest BCUT2D eigenvalue weighted by Crippen LogP contribution is 2.21. The van der Waals surface area contributed by atoms with Crippen LogP contribution < -0.4 is 5.32 Å².